The van der Waals surface area contributed by atoms with Crippen LogP contribution in [0.1, 0.15) is 149 Å². The van der Waals surface area contributed by atoms with Crippen molar-refractivity contribution in [1.82, 2.24) is 0 Å². The molecule has 75 heavy (non-hydrogen) atoms. The molecule has 0 aliphatic heterocycles. The minimum absolute atomic E-state index is 0.0645. The normalized spacial score (nSPS) is 21.1. The summed E-state index contributed by atoms with van der Waals surface area (Å²) in [5.74, 6) is 2.88. The summed E-state index contributed by atoms with van der Waals surface area (Å²) in [4.78, 5) is 4.88. The Morgan fingerprint density at radius 1 is 0.373 bits per heavy atom. The molecule has 4 bridgehead atoms. The van der Waals surface area contributed by atoms with E-state index in [0.29, 0.717) is 11.8 Å². The van der Waals surface area contributed by atoms with Crippen molar-refractivity contribution < 1.29 is 4.42 Å². The van der Waals surface area contributed by atoms with Crippen LogP contribution in [0.4, 0.5) is 34.1 Å². The first-order valence-corrected chi connectivity index (χ1v) is 28.2. The fourth-order valence-corrected chi connectivity index (χ4v) is 14.9. The van der Waals surface area contributed by atoms with E-state index in [2.05, 4.69) is 251 Å². The van der Waals surface area contributed by atoms with Crippen LogP contribution in [0.3, 0.4) is 0 Å². The van der Waals surface area contributed by atoms with Gasteiger partial charge in [-0.2, -0.15) is 0 Å². The standard InChI is InChI=1S/C72H76N2O/c1-68(2,3)48-14-23-54(24-15-48)73(55-25-16-49(17-26-55)69(4,5)6)58-22-13-46-41-62-60-33-34-64-66(67(60)72(63(62)42-47(46)40-58)52-36-44-35-45(38-52)39-53(72)37-44)61-32-31-59(43-65(61)75-64)74(56-27-18-50(19-28-56)70(7,8)9)57-29-20-51(21-30-57)71(10,11)12/h13-34,40-45,52-53H,35-39H2,1-12H3. The SMILES string of the molecule is CC(C)(C)c1ccc(N(c2ccc(C(C)(C)C)cc2)c2ccc3cc4c(cc3c2)C2(c3c-4ccc4oc5cc(N(c6ccc(C(C)(C)C)cc6)c6ccc(C(C)(C)C)cc6)ccc5c34)C3CC4CC(C3)CC2C4)cc1. The minimum Gasteiger partial charge on any atom is -0.456 e. The van der Waals surface area contributed by atoms with E-state index < -0.39 is 0 Å². The molecule has 1 heterocycles. The molecule has 4 fully saturated rings. The maximum Gasteiger partial charge on any atom is 0.137 e. The third kappa shape index (κ3) is 7.79. The average molecular weight is 985 g/mol. The van der Waals surface area contributed by atoms with E-state index >= 15 is 0 Å². The fourth-order valence-electron chi connectivity index (χ4n) is 14.9. The van der Waals surface area contributed by atoms with Gasteiger partial charge in [-0.25, -0.2) is 0 Å². The van der Waals surface area contributed by atoms with Crippen LogP contribution in [0.2, 0.25) is 0 Å². The van der Waals surface area contributed by atoms with Crippen LogP contribution in [-0.4, -0.2) is 0 Å². The molecule has 0 amide bonds. The summed E-state index contributed by atoms with van der Waals surface area (Å²) in [7, 11) is 0. The van der Waals surface area contributed by atoms with Crippen molar-refractivity contribution in [1.29, 1.82) is 0 Å². The molecule has 5 aliphatic rings. The van der Waals surface area contributed by atoms with Gasteiger partial charge in [0.05, 0.1) is 0 Å². The highest BCUT2D eigenvalue weighted by atomic mass is 16.3. The molecule has 8 aromatic carbocycles. The molecule has 0 radical (unpaired) electrons. The first kappa shape index (κ1) is 48.1. The van der Waals surface area contributed by atoms with Crippen molar-refractivity contribution in [2.75, 3.05) is 9.80 Å². The summed E-state index contributed by atoms with van der Waals surface area (Å²) < 4.78 is 7.18. The Labute approximate surface area is 447 Å². The number of furan rings is 1. The Morgan fingerprint density at radius 3 is 1.23 bits per heavy atom. The second kappa shape index (κ2) is 16.7. The van der Waals surface area contributed by atoms with Gasteiger partial charge in [0, 0.05) is 56.4 Å². The first-order chi connectivity index (χ1) is 35.6. The van der Waals surface area contributed by atoms with E-state index in [-0.39, 0.29) is 27.1 Å². The number of nitrogens with zero attached hydrogens (tertiary/aromatic N) is 2. The fraction of sp³-hybridized carbons (Fsp3) is 0.361. The molecule has 3 heteroatoms. The minimum atomic E-state index is -0.0713. The Hall–Kier alpha value is -6.58. The largest absolute Gasteiger partial charge is 0.456 e. The third-order valence-corrected chi connectivity index (χ3v) is 18.6. The number of hydrogen-bond acceptors (Lipinski definition) is 3. The van der Waals surface area contributed by atoms with E-state index in [1.165, 1.54) is 104 Å². The lowest BCUT2D eigenvalue weighted by molar-refractivity contribution is -0.0393. The Bertz CT molecular complexity index is 3530. The highest BCUT2D eigenvalue weighted by Gasteiger charge is 2.62. The van der Waals surface area contributed by atoms with Crippen molar-refractivity contribution in [2.45, 2.75) is 142 Å². The summed E-state index contributed by atoms with van der Waals surface area (Å²) in [5, 5.41) is 5.18. The maximum atomic E-state index is 7.18. The summed E-state index contributed by atoms with van der Waals surface area (Å²) in [6, 6.07) is 61.2. The monoisotopic (exact) mass is 985 g/mol. The maximum absolute atomic E-state index is 7.18. The van der Waals surface area contributed by atoms with Gasteiger partial charge < -0.3 is 14.2 Å². The van der Waals surface area contributed by atoms with E-state index in [9.17, 15) is 0 Å². The summed E-state index contributed by atoms with van der Waals surface area (Å²) in [6.07, 6.45) is 6.70. The van der Waals surface area contributed by atoms with Gasteiger partial charge in [-0.1, -0.05) is 144 Å². The predicted octanol–water partition coefficient (Wildman–Crippen LogP) is 20.6. The first-order valence-electron chi connectivity index (χ1n) is 28.2. The second-order valence-corrected chi connectivity index (χ2v) is 27.6. The average Bonchev–Trinajstić information content (AvgIpc) is 3.98. The van der Waals surface area contributed by atoms with E-state index in [1.807, 2.05) is 0 Å². The molecule has 5 aliphatic carbocycles. The molecule has 0 atom stereocenters. The highest BCUT2D eigenvalue weighted by Crippen LogP contribution is 2.71. The van der Waals surface area contributed by atoms with E-state index in [0.717, 1.165) is 40.1 Å². The highest BCUT2D eigenvalue weighted by molar-refractivity contribution is 6.13. The molecule has 1 spiro atoms. The number of hydrogen-bond donors (Lipinski definition) is 0. The van der Waals surface area contributed by atoms with Gasteiger partial charge in [0.25, 0.3) is 0 Å². The molecular formula is C72H76N2O. The van der Waals surface area contributed by atoms with Crippen LogP contribution in [0.15, 0.2) is 162 Å². The molecule has 1 aromatic heterocycles. The number of benzene rings is 8. The predicted molar refractivity (Wildman–Crippen MR) is 319 cm³/mol. The summed E-state index contributed by atoms with van der Waals surface area (Å²) >= 11 is 0. The zero-order chi connectivity index (χ0) is 52.1. The zero-order valence-electron chi connectivity index (χ0n) is 46.7. The van der Waals surface area contributed by atoms with Crippen LogP contribution in [-0.2, 0) is 27.1 Å². The Morgan fingerprint density at radius 2 is 0.787 bits per heavy atom. The molecule has 0 N–H and O–H groups in total. The topological polar surface area (TPSA) is 19.6 Å². The molecule has 4 saturated carbocycles. The lowest BCUT2D eigenvalue weighted by Gasteiger charge is -2.61. The number of rotatable bonds is 6. The molecule has 3 nitrogen and oxygen atoms in total. The lowest BCUT2D eigenvalue weighted by atomic mass is 9.43. The van der Waals surface area contributed by atoms with E-state index in [1.54, 1.807) is 11.1 Å². The van der Waals surface area contributed by atoms with Crippen molar-refractivity contribution in [3.63, 3.8) is 0 Å². The lowest BCUT2D eigenvalue weighted by Crippen LogP contribution is -2.55. The van der Waals surface area contributed by atoms with Crippen molar-refractivity contribution >= 4 is 66.8 Å². The molecule has 14 rings (SSSR count). The van der Waals surface area contributed by atoms with Gasteiger partial charge in [0.2, 0.25) is 0 Å². The van der Waals surface area contributed by atoms with Gasteiger partial charge in [-0.05, 0) is 224 Å². The van der Waals surface area contributed by atoms with Gasteiger partial charge >= 0.3 is 0 Å². The molecule has 0 unspecified atom stereocenters. The van der Waals surface area contributed by atoms with Crippen molar-refractivity contribution in [3.05, 3.63) is 191 Å². The van der Waals surface area contributed by atoms with Gasteiger partial charge in [0.1, 0.15) is 11.2 Å². The van der Waals surface area contributed by atoms with Crippen molar-refractivity contribution in [3.8, 4) is 11.1 Å². The van der Waals surface area contributed by atoms with Gasteiger partial charge in [-0.15, -0.1) is 0 Å². The quantitative estimate of drug-likeness (QED) is 0.166. The van der Waals surface area contributed by atoms with Crippen LogP contribution < -0.4 is 9.80 Å². The summed E-state index contributed by atoms with van der Waals surface area (Å²) in [5.41, 5.74) is 20.4. The third-order valence-electron chi connectivity index (χ3n) is 18.6. The Balaban J connectivity index is 0.970. The van der Waals surface area contributed by atoms with Crippen LogP contribution >= 0.6 is 0 Å². The number of anilines is 6. The summed E-state index contributed by atoms with van der Waals surface area (Å²) in [6.45, 7) is 27.5. The van der Waals surface area contributed by atoms with Gasteiger partial charge in [-0.3, -0.25) is 0 Å². The molecule has 380 valence electrons. The van der Waals surface area contributed by atoms with E-state index in [4.69, 9.17) is 4.42 Å². The van der Waals surface area contributed by atoms with Crippen LogP contribution in [0.5, 0.6) is 0 Å². The molecule has 9 aromatic rings. The van der Waals surface area contributed by atoms with Crippen LogP contribution in [0, 0.1) is 23.7 Å². The molecule has 0 saturated heterocycles. The second-order valence-electron chi connectivity index (χ2n) is 27.6. The smallest absolute Gasteiger partial charge is 0.137 e. The van der Waals surface area contributed by atoms with Crippen molar-refractivity contribution in [2.24, 2.45) is 23.7 Å². The Kier molecular flexibility index (Phi) is 10.7. The number of fused-ring (bicyclic) bond motifs is 8. The molecular weight excluding hydrogens is 909 g/mol. The zero-order valence-corrected chi connectivity index (χ0v) is 46.7. The van der Waals surface area contributed by atoms with Gasteiger partial charge in [0.15, 0.2) is 0 Å². The van der Waals surface area contributed by atoms with Crippen LogP contribution in [0.25, 0.3) is 43.8 Å².